The molecule has 0 fully saturated rings. The highest BCUT2D eigenvalue weighted by atomic mass is 19.2. The summed E-state index contributed by atoms with van der Waals surface area (Å²) in [4.78, 5) is 0. The van der Waals surface area contributed by atoms with Gasteiger partial charge >= 0.3 is 0 Å². The van der Waals surface area contributed by atoms with Crippen molar-refractivity contribution in [2.75, 3.05) is 0 Å². The average Bonchev–Trinajstić information content (AvgIpc) is 2.62. The van der Waals surface area contributed by atoms with E-state index in [0.717, 1.165) is 44.2 Å². The van der Waals surface area contributed by atoms with Crippen molar-refractivity contribution in [3.63, 3.8) is 0 Å². The van der Waals surface area contributed by atoms with E-state index in [0.29, 0.717) is 12.8 Å². The van der Waals surface area contributed by atoms with Crippen molar-refractivity contribution in [3.8, 4) is 11.1 Å². The second kappa shape index (κ2) is 7.59. The number of benzene rings is 2. The average molecular weight is 350 g/mol. The molecule has 0 nitrogen and oxygen atoms in total. The zero-order chi connectivity index (χ0) is 18.0. The van der Waals surface area contributed by atoms with Crippen molar-refractivity contribution in [1.82, 2.24) is 0 Å². The smallest absolute Gasteiger partial charge is 0.169 e. The Balaban J connectivity index is 1.96. The normalized spacial score (nSPS) is 16.8. The van der Waals surface area contributed by atoms with Gasteiger partial charge in [0.05, 0.1) is 5.56 Å². The van der Waals surface area contributed by atoms with Gasteiger partial charge in [0.2, 0.25) is 0 Å². The Morgan fingerprint density at radius 2 is 1.60 bits per heavy atom. The van der Waals surface area contributed by atoms with Gasteiger partial charge in [0.25, 0.3) is 0 Å². The van der Waals surface area contributed by atoms with E-state index in [9.17, 15) is 17.6 Å². The van der Waals surface area contributed by atoms with Crippen molar-refractivity contribution in [1.29, 1.82) is 0 Å². The van der Waals surface area contributed by atoms with Crippen LogP contribution in [0.1, 0.15) is 50.2 Å². The molecular formula is C21H22F4. The topological polar surface area (TPSA) is 0 Å². The summed E-state index contributed by atoms with van der Waals surface area (Å²) in [5.41, 5.74) is 0.238. The van der Waals surface area contributed by atoms with Gasteiger partial charge in [-0.05, 0) is 54.0 Å². The van der Waals surface area contributed by atoms with Gasteiger partial charge in [0.1, 0.15) is 11.6 Å². The van der Waals surface area contributed by atoms with Crippen LogP contribution in [0.25, 0.3) is 11.1 Å². The minimum atomic E-state index is -1.17. The summed E-state index contributed by atoms with van der Waals surface area (Å²) in [5, 5.41) is 0. The van der Waals surface area contributed by atoms with E-state index < -0.39 is 23.3 Å². The zero-order valence-electron chi connectivity index (χ0n) is 14.3. The number of unbranched alkanes of at least 4 members (excludes halogenated alkanes) is 2. The van der Waals surface area contributed by atoms with Crippen LogP contribution in [-0.2, 0) is 12.8 Å². The number of hydrogen-bond donors (Lipinski definition) is 0. The summed E-state index contributed by atoms with van der Waals surface area (Å²) in [6.45, 7) is 2.12. The van der Waals surface area contributed by atoms with Gasteiger partial charge in [-0.1, -0.05) is 44.7 Å². The molecule has 0 saturated carbocycles. The molecule has 0 saturated heterocycles. The van der Waals surface area contributed by atoms with E-state index >= 15 is 0 Å². The molecule has 2 aromatic rings. The van der Waals surface area contributed by atoms with E-state index in [1.54, 1.807) is 0 Å². The summed E-state index contributed by atoms with van der Waals surface area (Å²) < 4.78 is 57.2. The summed E-state index contributed by atoms with van der Waals surface area (Å²) in [7, 11) is 0. The highest BCUT2D eigenvalue weighted by Crippen LogP contribution is 2.38. The maximum atomic E-state index is 14.9. The van der Waals surface area contributed by atoms with Crippen LogP contribution in [0.5, 0.6) is 0 Å². The minimum absolute atomic E-state index is 0.156. The highest BCUT2D eigenvalue weighted by molar-refractivity contribution is 5.67. The maximum absolute atomic E-state index is 14.9. The van der Waals surface area contributed by atoms with Crippen LogP contribution < -0.4 is 0 Å². The lowest BCUT2D eigenvalue weighted by Crippen LogP contribution is -2.19. The number of fused-ring (bicyclic) bond motifs is 1. The van der Waals surface area contributed by atoms with Crippen LogP contribution in [0.3, 0.4) is 0 Å². The Bertz CT molecular complexity index is 750. The Kier molecular flexibility index (Phi) is 5.45. The van der Waals surface area contributed by atoms with Crippen molar-refractivity contribution in [3.05, 3.63) is 58.7 Å². The summed E-state index contributed by atoms with van der Waals surface area (Å²) >= 11 is 0. The van der Waals surface area contributed by atoms with Gasteiger partial charge in [0.15, 0.2) is 11.6 Å². The molecule has 0 amide bonds. The monoisotopic (exact) mass is 350 g/mol. The van der Waals surface area contributed by atoms with E-state index in [1.165, 1.54) is 12.1 Å². The molecule has 1 unspecified atom stereocenters. The molecule has 0 aliphatic heterocycles. The summed E-state index contributed by atoms with van der Waals surface area (Å²) in [6, 6.07) is 4.79. The van der Waals surface area contributed by atoms with Crippen LogP contribution in [0.4, 0.5) is 17.6 Å². The van der Waals surface area contributed by atoms with Crippen molar-refractivity contribution < 1.29 is 17.6 Å². The fraction of sp³-hybridized carbons (Fsp3) is 0.429. The molecule has 0 radical (unpaired) electrons. The highest BCUT2D eigenvalue weighted by Gasteiger charge is 2.30. The third-order valence-electron chi connectivity index (χ3n) is 5.17. The first-order chi connectivity index (χ1) is 12.0. The lowest BCUT2D eigenvalue weighted by molar-refractivity contribution is 0.382. The van der Waals surface area contributed by atoms with Gasteiger partial charge < -0.3 is 0 Å². The SMILES string of the molecule is CCCCCC1CCc2c(F)c(-c3ccc(F)cc3)c(F)c(F)c2C1. The second-order valence-corrected chi connectivity index (χ2v) is 6.89. The summed E-state index contributed by atoms with van der Waals surface area (Å²) in [5.74, 6) is -3.04. The molecule has 0 aromatic heterocycles. The molecular weight excluding hydrogens is 328 g/mol. The zero-order valence-corrected chi connectivity index (χ0v) is 14.3. The first-order valence-corrected chi connectivity index (χ1v) is 8.97. The molecule has 1 atom stereocenters. The number of rotatable bonds is 5. The first-order valence-electron chi connectivity index (χ1n) is 8.97. The Morgan fingerprint density at radius 3 is 2.28 bits per heavy atom. The predicted octanol–water partition coefficient (Wildman–Crippen LogP) is 6.60. The van der Waals surface area contributed by atoms with Gasteiger partial charge in [-0.15, -0.1) is 0 Å². The van der Waals surface area contributed by atoms with Crippen LogP contribution >= 0.6 is 0 Å². The third-order valence-corrected chi connectivity index (χ3v) is 5.17. The molecule has 4 heteroatoms. The molecule has 134 valence electrons. The van der Waals surface area contributed by atoms with Gasteiger partial charge in [-0.2, -0.15) is 0 Å². The molecule has 25 heavy (non-hydrogen) atoms. The molecule has 1 aliphatic carbocycles. The van der Waals surface area contributed by atoms with Crippen LogP contribution in [0.15, 0.2) is 24.3 Å². The molecule has 0 N–H and O–H groups in total. The standard InChI is InChI=1S/C21H22F4/c1-2-3-4-5-13-6-11-16-17(12-13)20(24)21(25)18(19(16)23)14-7-9-15(22)10-8-14/h7-10,13H,2-6,11-12H2,1H3. The molecule has 3 rings (SSSR count). The molecule has 0 bridgehead atoms. The van der Waals surface area contributed by atoms with Gasteiger partial charge in [0, 0.05) is 0 Å². The van der Waals surface area contributed by atoms with E-state index in [1.807, 2.05) is 0 Å². The Labute approximate surface area is 145 Å². The van der Waals surface area contributed by atoms with E-state index in [-0.39, 0.29) is 28.2 Å². The first kappa shape index (κ1) is 18.0. The largest absolute Gasteiger partial charge is 0.207 e. The third kappa shape index (κ3) is 3.58. The van der Waals surface area contributed by atoms with Gasteiger partial charge in [-0.25, -0.2) is 17.6 Å². The Hall–Kier alpha value is -1.84. The van der Waals surface area contributed by atoms with Crippen LogP contribution in [-0.4, -0.2) is 0 Å². The van der Waals surface area contributed by atoms with Gasteiger partial charge in [-0.3, -0.25) is 0 Å². The second-order valence-electron chi connectivity index (χ2n) is 6.89. The van der Waals surface area contributed by atoms with Crippen molar-refractivity contribution >= 4 is 0 Å². The fourth-order valence-corrected chi connectivity index (χ4v) is 3.77. The predicted molar refractivity (Wildman–Crippen MR) is 91.4 cm³/mol. The number of hydrogen-bond acceptors (Lipinski definition) is 0. The van der Waals surface area contributed by atoms with Crippen molar-refractivity contribution in [2.45, 2.75) is 51.9 Å². The molecule has 0 spiro atoms. The van der Waals surface area contributed by atoms with Crippen LogP contribution in [0, 0.1) is 29.2 Å². The quantitative estimate of drug-likeness (QED) is 0.324. The van der Waals surface area contributed by atoms with E-state index in [2.05, 4.69) is 6.92 Å². The maximum Gasteiger partial charge on any atom is 0.169 e. The molecule has 1 aliphatic rings. The number of halogens is 4. The lowest BCUT2D eigenvalue weighted by Gasteiger charge is -2.26. The Morgan fingerprint density at radius 1 is 0.880 bits per heavy atom. The minimum Gasteiger partial charge on any atom is -0.207 e. The fourth-order valence-electron chi connectivity index (χ4n) is 3.77. The molecule has 2 aromatic carbocycles. The van der Waals surface area contributed by atoms with Crippen LogP contribution in [0.2, 0.25) is 0 Å². The summed E-state index contributed by atoms with van der Waals surface area (Å²) in [6.07, 6.45) is 5.87. The van der Waals surface area contributed by atoms with E-state index in [4.69, 9.17) is 0 Å². The molecule has 0 heterocycles. The lowest BCUT2D eigenvalue weighted by atomic mass is 9.79. The van der Waals surface area contributed by atoms with Crippen molar-refractivity contribution in [2.24, 2.45) is 5.92 Å².